The largest absolute Gasteiger partial charge is 0.497 e. The summed E-state index contributed by atoms with van der Waals surface area (Å²) in [5.41, 5.74) is 1.80. The lowest BCUT2D eigenvalue weighted by Crippen LogP contribution is -2.38. The summed E-state index contributed by atoms with van der Waals surface area (Å²) in [5, 5.41) is 3.79. The Morgan fingerprint density at radius 3 is 2.35 bits per heavy atom. The van der Waals surface area contributed by atoms with Crippen LogP contribution in [0.15, 0.2) is 24.3 Å². The van der Waals surface area contributed by atoms with Crippen molar-refractivity contribution in [3.05, 3.63) is 29.8 Å². The second-order valence-electron chi connectivity index (χ2n) is 6.37. The predicted molar refractivity (Wildman–Crippen MR) is 85.2 cm³/mol. The second kappa shape index (κ2) is 7.12. The molecule has 112 valence electrons. The van der Waals surface area contributed by atoms with Crippen molar-refractivity contribution in [3.63, 3.8) is 0 Å². The van der Waals surface area contributed by atoms with Gasteiger partial charge >= 0.3 is 0 Å². The molecule has 0 heterocycles. The van der Waals surface area contributed by atoms with Gasteiger partial charge in [0.05, 0.1) is 7.11 Å². The molecule has 1 N–H and O–H groups in total. The van der Waals surface area contributed by atoms with Crippen molar-refractivity contribution in [1.82, 2.24) is 5.32 Å². The fourth-order valence-electron chi connectivity index (χ4n) is 3.50. The molecule has 1 atom stereocenters. The van der Waals surface area contributed by atoms with E-state index in [4.69, 9.17) is 4.74 Å². The summed E-state index contributed by atoms with van der Waals surface area (Å²) < 4.78 is 5.28. The van der Waals surface area contributed by atoms with Gasteiger partial charge in [0.2, 0.25) is 0 Å². The Morgan fingerprint density at radius 2 is 1.80 bits per heavy atom. The van der Waals surface area contributed by atoms with Gasteiger partial charge in [0.1, 0.15) is 5.75 Å². The Kier molecular flexibility index (Phi) is 5.47. The average molecular weight is 275 g/mol. The Morgan fingerprint density at radius 1 is 1.15 bits per heavy atom. The zero-order valence-corrected chi connectivity index (χ0v) is 13.2. The van der Waals surface area contributed by atoms with Gasteiger partial charge in [-0.15, -0.1) is 0 Å². The Labute approximate surface area is 123 Å². The molecule has 0 aliphatic heterocycles. The van der Waals surface area contributed by atoms with Crippen molar-refractivity contribution in [2.45, 2.75) is 58.4 Å². The van der Waals surface area contributed by atoms with Crippen molar-refractivity contribution in [1.29, 1.82) is 0 Å². The highest BCUT2D eigenvalue weighted by atomic mass is 16.5. The highest BCUT2D eigenvalue weighted by molar-refractivity contribution is 5.30. The van der Waals surface area contributed by atoms with Gasteiger partial charge < -0.3 is 10.1 Å². The lowest BCUT2D eigenvalue weighted by Gasteiger charge is -2.41. The fourth-order valence-corrected chi connectivity index (χ4v) is 3.50. The first-order valence-electron chi connectivity index (χ1n) is 8.07. The Balaban J connectivity index is 2.20. The van der Waals surface area contributed by atoms with Crippen molar-refractivity contribution in [3.8, 4) is 5.75 Å². The van der Waals surface area contributed by atoms with Crippen LogP contribution in [-0.4, -0.2) is 13.7 Å². The fraction of sp³-hybridized carbons (Fsp3) is 0.667. The minimum atomic E-state index is 0.391. The number of ether oxygens (including phenoxy) is 1. The maximum atomic E-state index is 5.28. The van der Waals surface area contributed by atoms with Crippen LogP contribution in [0.5, 0.6) is 5.75 Å². The van der Waals surface area contributed by atoms with Crippen LogP contribution >= 0.6 is 0 Å². The summed E-state index contributed by atoms with van der Waals surface area (Å²) in [6.45, 7) is 5.79. The summed E-state index contributed by atoms with van der Waals surface area (Å²) in [6, 6.07) is 9.09. The molecule has 1 aromatic rings. The van der Waals surface area contributed by atoms with Gasteiger partial charge in [0, 0.05) is 6.04 Å². The molecule has 1 saturated carbocycles. The Hall–Kier alpha value is -1.02. The van der Waals surface area contributed by atoms with E-state index in [1.54, 1.807) is 7.11 Å². The van der Waals surface area contributed by atoms with Crippen LogP contribution in [-0.2, 0) is 0 Å². The van der Waals surface area contributed by atoms with Crippen molar-refractivity contribution < 1.29 is 4.74 Å². The average Bonchev–Trinajstić information content (AvgIpc) is 2.49. The molecule has 0 amide bonds. The first-order valence-corrected chi connectivity index (χ1v) is 8.07. The molecule has 2 nitrogen and oxygen atoms in total. The van der Waals surface area contributed by atoms with Gasteiger partial charge in [-0.25, -0.2) is 0 Å². The summed E-state index contributed by atoms with van der Waals surface area (Å²) in [5.74, 6) is 0.941. The predicted octanol–water partition coefficient (Wildman–Crippen LogP) is 4.71. The summed E-state index contributed by atoms with van der Waals surface area (Å²) in [6.07, 6.45) is 8.00. The molecule has 1 unspecified atom stereocenters. The maximum Gasteiger partial charge on any atom is 0.118 e. The Bertz CT molecular complexity index is 392. The van der Waals surface area contributed by atoms with E-state index in [-0.39, 0.29) is 0 Å². The lowest BCUT2D eigenvalue weighted by molar-refractivity contribution is 0.144. The monoisotopic (exact) mass is 275 g/mol. The number of hydrogen-bond donors (Lipinski definition) is 1. The first kappa shape index (κ1) is 15.4. The van der Waals surface area contributed by atoms with E-state index in [0.29, 0.717) is 11.5 Å². The molecule has 1 aliphatic carbocycles. The van der Waals surface area contributed by atoms with Crippen LogP contribution in [0.2, 0.25) is 0 Å². The van der Waals surface area contributed by atoms with Crippen LogP contribution in [0.3, 0.4) is 0 Å². The van der Waals surface area contributed by atoms with Gasteiger partial charge in [-0.1, -0.05) is 45.2 Å². The lowest BCUT2D eigenvalue weighted by atomic mass is 9.68. The number of methoxy groups -OCH3 is 1. The highest BCUT2D eigenvalue weighted by Gasteiger charge is 2.35. The number of benzene rings is 1. The van der Waals surface area contributed by atoms with Crippen LogP contribution in [0.4, 0.5) is 0 Å². The maximum absolute atomic E-state index is 5.28. The van der Waals surface area contributed by atoms with Crippen molar-refractivity contribution in [2.24, 2.45) is 5.41 Å². The third-order valence-corrected chi connectivity index (χ3v) is 4.74. The molecule has 0 aromatic heterocycles. The van der Waals surface area contributed by atoms with E-state index in [1.165, 1.54) is 44.1 Å². The van der Waals surface area contributed by atoms with E-state index in [1.807, 2.05) is 0 Å². The molecule has 0 saturated heterocycles. The van der Waals surface area contributed by atoms with Crippen LogP contribution in [0, 0.1) is 5.41 Å². The molecule has 1 aromatic carbocycles. The van der Waals surface area contributed by atoms with E-state index >= 15 is 0 Å². The molecule has 20 heavy (non-hydrogen) atoms. The molecule has 2 heteroatoms. The van der Waals surface area contributed by atoms with Gasteiger partial charge in [-0.3, -0.25) is 0 Å². The van der Waals surface area contributed by atoms with Crippen molar-refractivity contribution >= 4 is 0 Å². The van der Waals surface area contributed by atoms with Gasteiger partial charge in [-0.2, -0.15) is 0 Å². The number of rotatable bonds is 6. The van der Waals surface area contributed by atoms with Crippen LogP contribution < -0.4 is 10.1 Å². The third-order valence-electron chi connectivity index (χ3n) is 4.74. The molecule has 1 aliphatic rings. The zero-order chi connectivity index (χ0) is 14.4. The van der Waals surface area contributed by atoms with E-state index in [9.17, 15) is 0 Å². The van der Waals surface area contributed by atoms with Crippen LogP contribution in [0.1, 0.15) is 64.0 Å². The SMILES string of the molecule is CCCNC(c1ccc(OC)cc1)C1(C)CCCCC1. The molecule has 0 bridgehead atoms. The minimum absolute atomic E-state index is 0.391. The molecular weight excluding hydrogens is 246 g/mol. The summed E-state index contributed by atoms with van der Waals surface area (Å²) in [4.78, 5) is 0. The topological polar surface area (TPSA) is 21.3 Å². The molecular formula is C18H29NO. The minimum Gasteiger partial charge on any atom is -0.497 e. The smallest absolute Gasteiger partial charge is 0.118 e. The van der Waals surface area contributed by atoms with Crippen LogP contribution in [0.25, 0.3) is 0 Å². The normalized spacial score (nSPS) is 19.6. The number of nitrogens with one attached hydrogen (secondary N) is 1. The molecule has 2 rings (SSSR count). The highest BCUT2D eigenvalue weighted by Crippen LogP contribution is 2.45. The van der Waals surface area contributed by atoms with Gasteiger partial charge in [0.25, 0.3) is 0 Å². The van der Waals surface area contributed by atoms with Gasteiger partial charge in [-0.05, 0) is 48.9 Å². The standard InChI is InChI=1S/C18H29NO/c1-4-14-19-17(18(2)12-6-5-7-13-18)15-8-10-16(20-3)11-9-15/h8-11,17,19H,4-7,12-14H2,1-3H3. The molecule has 0 radical (unpaired) electrons. The molecule has 1 fully saturated rings. The zero-order valence-electron chi connectivity index (χ0n) is 13.2. The van der Waals surface area contributed by atoms with Gasteiger partial charge in [0.15, 0.2) is 0 Å². The third kappa shape index (κ3) is 3.54. The summed E-state index contributed by atoms with van der Waals surface area (Å²) in [7, 11) is 1.73. The van der Waals surface area contributed by atoms with E-state index in [2.05, 4.69) is 43.4 Å². The first-order chi connectivity index (χ1) is 9.69. The summed E-state index contributed by atoms with van der Waals surface area (Å²) >= 11 is 0. The quantitative estimate of drug-likeness (QED) is 0.812. The number of hydrogen-bond acceptors (Lipinski definition) is 2. The second-order valence-corrected chi connectivity index (χ2v) is 6.37. The van der Waals surface area contributed by atoms with Crippen molar-refractivity contribution in [2.75, 3.05) is 13.7 Å². The van der Waals surface area contributed by atoms with E-state index < -0.39 is 0 Å². The molecule has 0 spiro atoms. The van der Waals surface area contributed by atoms with E-state index in [0.717, 1.165) is 12.3 Å².